The van der Waals surface area contributed by atoms with Crippen molar-refractivity contribution in [3.05, 3.63) is 35.4 Å². The van der Waals surface area contributed by atoms with Crippen molar-refractivity contribution in [3.8, 4) is 0 Å². The first kappa shape index (κ1) is 18.4. The van der Waals surface area contributed by atoms with Crippen molar-refractivity contribution >= 4 is 11.8 Å². The summed E-state index contributed by atoms with van der Waals surface area (Å²) in [5, 5.41) is 3.40. The lowest BCUT2D eigenvalue weighted by Crippen LogP contribution is -2.38. The van der Waals surface area contributed by atoms with Gasteiger partial charge in [0.1, 0.15) is 0 Å². The highest BCUT2D eigenvalue weighted by molar-refractivity contribution is 8.00. The summed E-state index contributed by atoms with van der Waals surface area (Å²) in [6, 6.07) is 7.93. The zero-order chi connectivity index (χ0) is 16.1. The molecule has 0 bridgehead atoms. The first-order valence-electron chi connectivity index (χ1n) is 7.10. The second kappa shape index (κ2) is 7.54. The van der Waals surface area contributed by atoms with Crippen LogP contribution in [0.4, 0.5) is 13.2 Å². The molecule has 1 nitrogen and oxygen atoms in total. The fourth-order valence-corrected chi connectivity index (χ4v) is 2.79. The van der Waals surface area contributed by atoms with Crippen LogP contribution in [0.3, 0.4) is 0 Å². The van der Waals surface area contributed by atoms with Crippen molar-refractivity contribution < 1.29 is 13.2 Å². The lowest BCUT2D eigenvalue weighted by atomic mass is 9.91. The molecule has 1 aromatic carbocycles. The summed E-state index contributed by atoms with van der Waals surface area (Å²) in [7, 11) is 0. The van der Waals surface area contributed by atoms with E-state index in [2.05, 4.69) is 26.1 Å². The molecule has 21 heavy (non-hydrogen) atoms. The maximum atomic E-state index is 12.3. The average molecular weight is 319 g/mol. The first-order valence-corrected chi connectivity index (χ1v) is 8.08. The minimum atomic E-state index is -4.15. The normalized spacial score (nSPS) is 14.2. The lowest BCUT2D eigenvalue weighted by molar-refractivity contribution is -0.0328. The summed E-state index contributed by atoms with van der Waals surface area (Å²) in [6.45, 7) is 8.88. The van der Waals surface area contributed by atoms with Crippen LogP contribution in [0, 0.1) is 6.92 Å². The molecule has 1 N–H and O–H groups in total. The Bertz CT molecular complexity index is 438. The Kier molecular flexibility index (Phi) is 6.60. The van der Waals surface area contributed by atoms with E-state index in [-0.39, 0.29) is 29.0 Å². The Morgan fingerprint density at radius 2 is 1.76 bits per heavy atom. The van der Waals surface area contributed by atoms with Crippen LogP contribution in [-0.2, 0) is 0 Å². The predicted molar refractivity (Wildman–Crippen MR) is 84.8 cm³/mol. The highest BCUT2D eigenvalue weighted by Crippen LogP contribution is 2.33. The van der Waals surface area contributed by atoms with Gasteiger partial charge >= 0.3 is 5.51 Å². The van der Waals surface area contributed by atoms with Gasteiger partial charge in [0.2, 0.25) is 0 Å². The number of halogens is 3. The molecule has 0 aliphatic heterocycles. The maximum Gasteiger partial charge on any atom is 0.441 e. The van der Waals surface area contributed by atoms with E-state index in [0.29, 0.717) is 13.0 Å². The number of benzene rings is 1. The van der Waals surface area contributed by atoms with E-state index in [1.165, 1.54) is 0 Å². The third-order valence-corrected chi connectivity index (χ3v) is 4.01. The largest absolute Gasteiger partial charge is 0.441 e. The Hall–Kier alpha value is -0.680. The van der Waals surface area contributed by atoms with Gasteiger partial charge in [0.05, 0.1) is 0 Å². The second-order valence-corrected chi connectivity index (χ2v) is 7.43. The number of aryl methyl sites for hydroxylation is 1. The molecule has 120 valence electrons. The zero-order valence-electron chi connectivity index (χ0n) is 13.1. The zero-order valence-corrected chi connectivity index (χ0v) is 13.9. The SMILES string of the molecule is Cc1ccccc1C(CCSC(F)(F)F)CNC(C)(C)C. The van der Waals surface area contributed by atoms with Gasteiger partial charge in [0.25, 0.3) is 0 Å². The Morgan fingerprint density at radius 3 is 2.29 bits per heavy atom. The van der Waals surface area contributed by atoms with Gasteiger partial charge in [-0.05, 0) is 51.2 Å². The second-order valence-electron chi connectivity index (χ2n) is 6.27. The number of alkyl halides is 3. The van der Waals surface area contributed by atoms with Gasteiger partial charge < -0.3 is 5.32 Å². The van der Waals surface area contributed by atoms with Crippen LogP contribution in [-0.4, -0.2) is 23.3 Å². The van der Waals surface area contributed by atoms with Crippen LogP contribution in [0.2, 0.25) is 0 Å². The molecule has 0 spiro atoms. The summed E-state index contributed by atoms with van der Waals surface area (Å²) in [5.74, 6) is 0.189. The molecule has 1 aromatic rings. The van der Waals surface area contributed by atoms with Crippen LogP contribution >= 0.6 is 11.8 Å². The van der Waals surface area contributed by atoms with E-state index in [4.69, 9.17) is 0 Å². The van der Waals surface area contributed by atoms with Crippen molar-refractivity contribution in [3.63, 3.8) is 0 Å². The van der Waals surface area contributed by atoms with E-state index in [0.717, 1.165) is 11.1 Å². The van der Waals surface area contributed by atoms with Gasteiger partial charge in [-0.1, -0.05) is 36.0 Å². The molecule has 1 unspecified atom stereocenters. The minimum absolute atomic E-state index is 0.0435. The summed E-state index contributed by atoms with van der Waals surface area (Å²) >= 11 is 0.0680. The predicted octanol–water partition coefficient (Wildman–Crippen LogP) is 5.11. The van der Waals surface area contributed by atoms with Gasteiger partial charge in [-0.2, -0.15) is 13.2 Å². The highest BCUT2D eigenvalue weighted by Gasteiger charge is 2.28. The van der Waals surface area contributed by atoms with Crippen LogP contribution < -0.4 is 5.32 Å². The third kappa shape index (κ3) is 7.77. The minimum Gasteiger partial charge on any atom is -0.311 e. The average Bonchev–Trinajstić information content (AvgIpc) is 2.32. The molecule has 0 aromatic heterocycles. The summed E-state index contributed by atoms with van der Waals surface area (Å²) < 4.78 is 36.9. The molecule has 0 aliphatic carbocycles. The molecule has 0 radical (unpaired) electrons. The standard InChI is InChI=1S/C16H24F3NS/c1-12-7-5-6-8-14(12)13(11-20-15(2,3)4)9-10-21-16(17,18)19/h5-8,13,20H,9-11H2,1-4H3. The van der Waals surface area contributed by atoms with Crippen LogP contribution in [0.1, 0.15) is 44.2 Å². The number of hydrogen-bond acceptors (Lipinski definition) is 2. The van der Waals surface area contributed by atoms with Crippen molar-refractivity contribution in [1.29, 1.82) is 0 Å². The molecule has 0 amide bonds. The third-order valence-electron chi connectivity index (χ3n) is 3.24. The molecule has 0 saturated heterocycles. The summed E-state index contributed by atoms with van der Waals surface area (Å²) in [6.07, 6.45) is 0.512. The molecule has 5 heteroatoms. The summed E-state index contributed by atoms with van der Waals surface area (Å²) in [5.41, 5.74) is -1.92. The van der Waals surface area contributed by atoms with E-state index in [1.54, 1.807) is 0 Å². The van der Waals surface area contributed by atoms with Gasteiger partial charge in [-0.3, -0.25) is 0 Å². The molecule has 0 fully saturated rings. The fraction of sp³-hybridized carbons (Fsp3) is 0.625. The highest BCUT2D eigenvalue weighted by atomic mass is 32.2. The van der Waals surface area contributed by atoms with Crippen LogP contribution in [0.5, 0.6) is 0 Å². The molecule has 1 rings (SSSR count). The van der Waals surface area contributed by atoms with E-state index in [9.17, 15) is 13.2 Å². The maximum absolute atomic E-state index is 12.3. The lowest BCUT2D eigenvalue weighted by Gasteiger charge is -2.26. The van der Waals surface area contributed by atoms with E-state index in [1.807, 2.05) is 31.2 Å². The Morgan fingerprint density at radius 1 is 1.14 bits per heavy atom. The number of nitrogens with one attached hydrogen (secondary N) is 1. The molecule has 0 aliphatic rings. The number of thioether (sulfide) groups is 1. The molecule has 0 heterocycles. The van der Waals surface area contributed by atoms with Gasteiger partial charge in [-0.25, -0.2) is 0 Å². The smallest absolute Gasteiger partial charge is 0.311 e. The Balaban J connectivity index is 2.73. The molecular formula is C16H24F3NS. The first-order chi connectivity index (χ1) is 9.58. The van der Waals surface area contributed by atoms with Gasteiger partial charge in [0.15, 0.2) is 0 Å². The molecule has 1 atom stereocenters. The van der Waals surface area contributed by atoms with Crippen molar-refractivity contribution in [2.75, 3.05) is 12.3 Å². The van der Waals surface area contributed by atoms with Gasteiger partial charge in [0, 0.05) is 17.8 Å². The van der Waals surface area contributed by atoms with Crippen molar-refractivity contribution in [1.82, 2.24) is 5.32 Å². The summed E-state index contributed by atoms with van der Waals surface area (Å²) in [4.78, 5) is 0. The quantitative estimate of drug-likeness (QED) is 0.782. The Labute approximate surface area is 129 Å². The number of rotatable bonds is 6. The molecule has 0 saturated carbocycles. The topological polar surface area (TPSA) is 12.0 Å². The van der Waals surface area contributed by atoms with E-state index < -0.39 is 5.51 Å². The monoisotopic (exact) mass is 319 g/mol. The van der Waals surface area contributed by atoms with Gasteiger partial charge in [-0.15, -0.1) is 0 Å². The van der Waals surface area contributed by atoms with Crippen molar-refractivity contribution in [2.24, 2.45) is 0 Å². The van der Waals surface area contributed by atoms with Crippen LogP contribution in [0.15, 0.2) is 24.3 Å². The van der Waals surface area contributed by atoms with Crippen molar-refractivity contribution in [2.45, 2.75) is 51.1 Å². The molecular weight excluding hydrogens is 295 g/mol. The van der Waals surface area contributed by atoms with Crippen LogP contribution in [0.25, 0.3) is 0 Å². The number of hydrogen-bond donors (Lipinski definition) is 1. The fourth-order valence-electron chi connectivity index (χ4n) is 2.16. The van der Waals surface area contributed by atoms with E-state index >= 15 is 0 Å².